The van der Waals surface area contributed by atoms with Crippen LogP contribution in [-0.4, -0.2) is 51.1 Å². The highest BCUT2D eigenvalue weighted by molar-refractivity contribution is 5.83. The average molecular weight is 277 g/mol. The highest BCUT2D eigenvalue weighted by atomic mass is 16.2. The summed E-state index contributed by atoms with van der Waals surface area (Å²) in [5.74, 6) is -0.0494. The Bertz CT molecular complexity index is 471. The van der Waals surface area contributed by atoms with Gasteiger partial charge in [0.1, 0.15) is 12.7 Å². The van der Waals surface area contributed by atoms with Gasteiger partial charge in [0.15, 0.2) is 0 Å². The van der Waals surface area contributed by atoms with Crippen LogP contribution in [0.4, 0.5) is 0 Å². The number of piperidine rings is 1. The Morgan fingerprint density at radius 1 is 1.60 bits per heavy atom. The fraction of sp³-hybridized carbons (Fsp3) is 0.538. The van der Waals surface area contributed by atoms with E-state index >= 15 is 0 Å². The van der Waals surface area contributed by atoms with Crippen molar-refractivity contribution in [2.24, 2.45) is 5.92 Å². The molecule has 1 fully saturated rings. The normalized spacial score (nSPS) is 18.9. The van der Waals surface area contributed by atoms with Crippen LogP contribution in [0.3, 0.4) is 0 Å². The molecule has 7 heteroatoms. The predicted octanol–water partition coefficient (Wildman–Crippen LogP) is -0.181. The minimum atomic E-state index is -0.136. The quantitative estimate of drug-likeness (QED) is 0.731. The molecule has 1 aliphatic rings. The Balaban J connectivity index is 1.77. The van der Waals surface area contributed by atoms with Crippen LogP contribution in [0.15, 0.2) is 25.3 Å². The minimum absolute atomic E-state index is 0.00771. The summed E-state index contributed by atoms with van der Waals surface area (Å²) >= 11 is 0. The van der Waals surface area contributed by atoms with Crippen molar-refractivity contribution in [3.05, 3.63) is 25.3 Å². The molecule has 1 aromatic heterocycles. The Labute approximate surface area is 117 Å². The standard InChI is InChI=1S/C13H19N5O2/c1-2-6-17-8-11(3-4-12(17)19)13(20)15-5-7-18-10-14-9-16-18/h2,9-11H,1,3-8H2,(H,15,20). The van der Waals surface area contributed by atoms with Gasteiger partial charge in [0.2, 0.25) is 11.8 Å². The maximum Gasteiger partial charge on any atom is 0.224 e. The van der Waals surface area contributed by atoms with Crippen LogP contribution < -0.4 is 5.32 Å². The molecule has 7 nitrogen and oxygen atoms in total. The average Bonchev–Trinajstić information content (AvgIpc) is 2.94. The Kier molecular flexibility index (Phi) is 4.86. The third kappa shape index (κ3) is 3.66. The topological polar surface area (TPSA) is 80.1 Å². The third-order valence-corrected chi connectivity index (χ3v) is 3.33. The molecule has 2 heterocycles. The summed E-state index contributed by atoms with van der Waals surface area (Å²) in [5, 5.41) is 6.84. The fourth-order valence-electron chi connectivity index (χ4n) is 2.25. The smallest absolute Gasteiger partial charge is 0.224 e. The van der Waals surface area contributed by atoms with Gasteiger partial charge < -0.3 is 10.2 Å². The molecule has 1 atom stereocenters. The first-order valence-electron chi connectivity index (χ1n) is 6.69. The highest BCUT2D eigenvalue weighted by Crippen LogP contribution is 2.17. The van der Waals surface area contributed by atoms with E-state index < -0.39 is 0 Å². The first-order chi connectivity index (χ1) is 9.70. The van der Waals surface area contributed by atoms with Crippen molar-refractivity contribution in [3.63, 3.8) is 0 Å². The van der Waals surface area contributed by atoms with Gasteiger partial charge in [0, 0.05) is 26.1 Å². The second kappa shape index (κ2) is 6.83. The van der Waals surface area contributed by atoms with Crippen LogP contribution in [0.25, 0.3) is 0 Å². The lowest BCUT2D eigenvalue weighted by molar-refractivity contribution is -0.137. The summed E-state index contributed by atoms with van der Waals surface area (Å²) in [4.78, 5) is 29.2. The van der Waals surface area contributed by atoms with Crippen molar-refractivity contribution in [2.45, 2.75) is 19.4 Å². The van der Waals surface area contributed by atoms with Gasteiger partial charge >= 0.3 is 0 Å². The molecule has 0 spiro atoms. The number of aromatic nitrogens is 3. The molecule has 0 bridgehead atoms. The predicted molar refractivity (Wildman–Crippen MR) is 72.5 cm³/mol. The molecule has 1 N–H and O–H groups in total. The van der Waals surface area contributed by atoms with Crippen molar-refractivity contribution < 1.29 is 9.59 Å². The van der Waals surface area contributed by atoms with Gasteiger partial charge in [-0.3, -0.25) is 14.3 Å². The van der Waals surface area contributed by atoms with Crippen molar-refractivity contribution in [3.8, 4) is 0 Å². The third-order valence-electron chi connectivity index (χ3n) is 3.33. The second-order valence-corrected chi connectivity index (χ2v) is 4.77. The van der Waals surface area contributed by atoms with Gasteiger partial charge in [-0.05, 0) is 6.42 Å². The lowest BCUT2D eigenvalue weighted by Crippen LogP contribution is -2.46. The summed E-state index contributed by atoms with van der Waals surface area (Å²) < 4.78 is 1.66. The summed E-state index contributed by atoms with van der Waals surface area (Å²) in [6, 6.07) is 0. The number of hydrogen-bond acceptors (Lipinski definition) is 4. The molecular formula is C13H19N5O2. The zero-order valence-corrected chi connectivity index (χ0v) is 11.4. The van der Waals surface area contributed by atoms with Gasteiger partial charge in [0.05, 0.1) is 12.5 Å². The van der Waals surface area contributed by atoms with E-state index in [4.69, 9.17) is 0 Å². The summed E-state index contributed by atoms with van der Waals surface area (Å²) in [7, 11) is 0. The molecule has 20 heavy (non-hydrogen) atoms. The van der Waals surface area contributed by atoms with E-state index in [0.717, 1.165) is 0 Å². The molecule has 1 aromatic rings. The monoisotopic (exact) mass is 277 g/mol. The number of hydrogen-bond donors (Lipinski definition) is 1. The van der Waals surface area contributed by atoms with Gasteiger partial charge in [-0.2, -0.15) is 5.10 Å². The van der Waals surface area contributed by atoms with E-state index in [1.165, 1.54) is 6.33 Å². The molecule has 2 rings (SSSR count). The minimum Gasteiger partial charge on any atom is -0.354 e. The number of carbonyl (C=O) groups is 2. The van der Waals surface area contributed by atoms with Crippen LogP contribution in [0.5, 0.6) is 0 Å². The lowest BCUT2D eigenvalue weighted by Gasteiger charge is -2.31. The fourth-order valence-corrected chi connectivity index (χ4v) is 2.25. The Hall–Kier alpha value is -2.18. The molecule has 1 saturated heterocycles. The van der Waals surface area contributed by atoms with Crippen molar-refractivity contribution in [2.75, 3.05) is 19.6 Å². The lowest BCUT2D eigenvalue weighted by atomic mass is 9.96. The molecule has 0 aliphatic carbocycles. The van der Waals surface area contributed by atoms with E-state index in [2.05, 4.69) is 22.0 Å². The molecule has 0 aromatic carbocycles. The van der Waals surface area contributed by atoms with Crippen LogP contribution in [0, 0.1) is 5.92 Å². The SMILES string of the molecule is C=CCN1CC(C(=O)NCCn2cncn2)CCC1=O. The largest absolute Gasteiger partial charge is 0.354 e. The Morgan fingerprint density at radius 3 is 3.15 bits per heavy atom. The summed E-state index contributed by atoms with van der Waals surface area (Å²) in [6.45, 7) is 5.70. The summed E-state index contributed by atoms with van der Waals surface area (Å²) in [6.07, 6.45) is 5.79. The molecule has 0 radical (unpaired) electrons. The van der Waals surface area contributed by atoms with Crippen molar-refractivity contribution in [1.82, 2.24) is 25.0 Å². The van der Waals surface area contributed by atoms with E-state index in [-0.39, 0.29) is 17.7 Å². The number of carbonyl (C=O) groups excluding carboxylic acids is 2. The van der Waals surface area contributed by atoms with Gasteiger partial charge in [-0.1, -0.05) is 6.08 Å². The van der Waals surface area contributed by atoms with Gasteiger partial charge in [0.25, 0.3) is 0 Å². The number of amides is 2. The van der Waals surface area contributed by atoms with E-state index in [0.29, 0.717) is 39.0 Å². The molecule has 1 aliphatic heterocycles. The Morgan fingerprint density at radius 2 is 2.45 bits per heavy atom. The maximum atomic E-state index is 12.1. The van der Waals surface area contributed by atoms with Crippen LogP contribution in [0.1, 0.15) is 12.8 Å². The highest BCUT2D eigenvalue weighted by Gasteiger charge is 2.29. The van der Waals surface area contributed by atoms with E-state index in [1.807, 2.05) is 0 Å². The molecule has 108 valence electrons. The van der Waals surface area contributed by atoms with E-state index in [1.54, 1.807) is 22.0 Å². The summed E-state index contributed by atoms with van der Waals surface area (Å²) in [5.41, 5.74) is 0. The second-order valence-electron chi connectivity index (χ2n) is 4.77. The zero-order chi connectivity index (χ0) is 14.4. The molecule has 2 amide bonds. The van der Waals surface area contributed by atoms with Gasteiger partial charge in [-0.25, -0.2) is 4.98 Å². The van der Waals surface area contributed by atoms with Crippen LogP contribution in [0.2, 0.25) is 0 Å². The molecular weight excluding hydrogens is 258 g/mol. The van der Waals surface area contributed by atoms with Gasteiger partial charge in [-0.15, -0.1) is 6.58 Å². The zero-order valence-electron chi connectivity index (χ0n) is 11.4. The van der Waals surface area contributed by atoms with E-state index in [9.17, 15) is 9.59 Å². The molecule has 0 saturated carbocycles. The van der Waals surface area contributed by atoms with Crippen LogP contribution in [-0.2, 0) is 16.1 Å². The van der Waals surface area contributed by atoms with Crippen LogP contribution >= 0.6 is 0 Å². The number of nitrogens with zero attached hydrogens (tertiary/aromatic N) is 4. The number of rotatable bonds is 6. The van der Waals surface area contributed by atoms with Crippen molar-refractivity contribution >= 4 is 11.8 Å². The first-order valence-corrected chi connectivity index (χ1v) is 6.69. The maximum absolute atomic E-state index is 12.1. The number of nitrogens with one attached hydrogen (secondary N) is 1. The first kappa shape index (κ1) is 14.2. The van der Waals surface area contributed by atoms with Crippen molar-refractivity contribution in [1.29, 1.82) is 0 Å². The molecule has 1 unspecified atom stereocenters. The number of likely N-dealkylation sites (tertiary alicyclic amines) is 1.